The van der Waals surface area contributed by atoms with Crippen molar-refractivity contribution >= 4 is 11.7 Å². The first-order valence-corrected chi connectivity index (χ1v) is 6.05. The Hall–Kier alpha value is -2.08. The maximum atomic E-state index is 11.0. The lowest BCUT2D eigenvalue weighted by molar-refractivity contribution is -0.129. The summed E-state index contributed by atoms with van der Waals surface area (Å²) >= 11 is 0. The second kappa shape index (κ2) is 6.19. The monoisotopic (exact) mass is 265 g/mol. The highest BCUT2D eigenvalue weighted by Crippen LogP contribution is 2.23. The molecule has 0 radical (unpaired) electrons. The van der Waals surface area contributed by atoms with Crippen LogP contribution in [0.3, 0.4) is 0 Å². The highest BCUT2D eigenvalue weighted by Gasteiger charge is 2.21. The Morgan fingerprint density at radius 2 is 2.16 bits per heavy atom. The number of rotatable bonds is 4. The Kier molecular flexibility index (Phi) is 4.35. The summed E-state index contributed by atoms with van der Waals surface area (Å²) in [4.78, 5) is 11.0. The minimum Gasteiger partial charge on any atom is -0.476 e. The van der Waals surface area contributed by atoms with Gasteiger partial charge in [0.1, 0.15) is 5.75 Å². The summed E-state index contributed by atoms with van der Waals surface area (Å²) in [6.07, 6.45) is 2.38. The second-order valence-corrected chi connectivity index (χ2v) is 4.16. The van der Waals surface area contributed by atoms with E-state index in [0.29, 0.717) is 12.4 Å². The summed E-state index contributed by atoms with van der Waals surface area (Å²) in [5.74, 6) is -0.979. The third-order valence-corrected chi connectivity index (χ3v) is 2.84. The highest BCUT2D eigenvalue weighted by molar-refractivity contribution is 6.43. The standard InChI is InChI=1S/C13H15NO5/c15-13(16)12(14-17)9-5-1-2-6-10(9)19-11-7-3-4-8-18-11/h1-2,5-6,11,17H,3-4,7-8H2,(H,15,16)/b14-12+. The van der Waals surface area contributed by atoms with E-state index in [2.05, 4.69) is 5.16 Å². The molecule has 1 unspecified atom stereocenters. The summed E-state index contributed by atoms with van der Waals surface area (Å²) < 4.78 is 11.1. The molecule has 1 atom stereocenters. The van der Waals surface area contributed by atoms with Gasteiger partial charge in [-0.3, -0.25) is 0 Å². The first-order valence-electron chi connectivity index (χ1n) is 6.05. The third-order valence-electron chi connectivity index (χ3n) is 2.84. The Labute approximate surface area is 110 Å². The van der Waals surface area contributed by atoms with Crippen molar-refractivity contribution in [1.82, 2.24) is 0 Å². The van der Waals surface area contributed by atoms with E-state index in [0.717, 1.165) is 19.3 Å². The molecule has 6 heteroatoms. The molecule has 2 N–H and O–H groups in total. The second-order valence-electron chi connectivity index (χ2n) is 4.16. The maximum absolute atomic E-state index is 11.0. The topological polar surface area (TPSA) is 88.4 Å². The molecule has 2 rings (SSSR count). The van der Waals surface area contributed by atoms with Crippen LogP contribution in [-0.2, 0) is 9.53 Å². The van der Waals surface area contributed by atoms with Gasteiger partial charge in [-0.15, -0.1) is 0 Å². The zero-order valence-electron chi connectivity index (χ0n) is 10.3. The van der Waals surface area contributed by atoms with Gasteiger partial charge in [0, 0.05) is 6.42 Å². The number of carboxylic acid groups (broad SMARTS) is 1. The van der Waals surface area contributed by atoms with Crippen LogP contribution in [0.2, 0.25) is 0 Å². The molecule has 0 spiro atoms. The van der Waals surface area contributed by atoms with E-state index in [1.54, 1.807) is 18.2 Å². The predicted octanol–water partition coefficient (Wildman–Crippen LogP) is 1.85. The molecule has 0 aliphatic carbocycles. The number of nitrogens with zero attached hydrogens (tertiary/aromatic N) is 1. The largest absolute Gasteiger partial charge is 0.476 e. The van der Waals surface area contributed by atoms with Crippen LogP contribution in [0.1, 0.15) is 24.8 Å². The number of benzene rings is 1. The van der Waals surface area contributed by atoms with E-state index in [4.69, 9.17) is 19.8 Å². The molecule has 1 fully saturated rings. The number of ether oxygens (including phenoxy) is 2. The fourth-order valence-electron chi connectivity index (χ4n) is 1.92. The van der Waals surface area contributed by atoms with Crippen molar-refractivity contribution in [3.8, 4) is 5.75 Å². The van der Waals surface area contributed by atoms with E-state index in [1.165, 1.54) is 6.07 Å². The van der Waals surface area contributed by atoms with E-state index >= 15 is 0 Å². The van der Waals surface area contributed by atoms with Gasteiger partial charge in [-0.05, 0) is 25.0 Å². The number of aliphatic carboxylic acids is 1. The average Bonchev–Trinajstić information content (AvgIpc) is 2.42. The maximum Gasteiger partial charge on any atom is 0.358 e. The summed E-state index contributed by atoms with van der Waals surface area (Å²) in [5, 5.41) is 20.6. The number of para-hydroxylation sites is 1. The van der Waals surface area contributed by atoms with Gasteiger partial charge < -0.3 is 19.8 Å². The minimum atomic E-state index is -1.32. The molecular formula is C13H15NO5. The number of hydrogen-bond acceptors (Lipinski definition) is 5. The Morgan fingerprint density at radius 1 is 1.37 bits per heavy atom. The van der Waals surface area contributed by atoms with Crippen LogP contribution in [0.4, 0.5) is 0 Å². The van der Waals surface area contributed by atoms with Crippen molar-refractivity contribution in [2.45, 2.75) is 25.6 Å². The molecule has 1 aromatic carbocycles. The first-order chi connectivity index (χ1) is 9.22. The van der Waals surface area contributed by atoms with Crippen LogP contribution in [0.5, 0.6) is 5.75 Å². The fraction of sp³-hybridized carbons (Fsp3) is 0.385. The lowest BCUT2D eigenvalue weighted by Gasteiger charge is -2.24. The number of carboxylic acids is 1. The molecule has 1 aromatic rings. The summed E-state index contributed by atoms with van der Waals surface area (Å²) in [5.41, 5.74) is -0.224. The van der Waals surface area contributed by atoms with E-state index in [1.807, 2.05) is 0 Å². The van der Waals surface area contributed by atoms with Crippen molar-refractivity contribution in [2.24, 2.45) is 5.16 Å². The van der Waals surface area contributed by atoms with Crippen molar-refractivity contribution in [1.29, 1.82) is 0 Å². The van der Waals surface area contributed by atoms with Crippen LogP contribution in [-0.4, -0.2) is 34.9 Å². The predicted molar refractivity (Wildman–Crippen MR) is 66.6 cm³/mol. The Balaban J connectivity index is 2.22. The zero-order chi connectivity index (χ0) is 13.7. The van der Waals surface area contributed by atoms with Gasteiger partial charge in [-0.25, -0.2) is 4.79 Å². The minimum absolute atomic E-state index is 0.228. The lowest BCUT2D eigenvalue weighted by atomic mass is 10.1. The Bertz CT molecular complexity index is 480. The van der Waals surface area contributed by atoms with Crippen LogP contribution in [0.25, 0.3) is 0 Å². The smallest absolute Gasteiger partial charge is 0.358 e. The summed E-state index contributed by atoms with van der Waals surface area (Å²) in [6.45, 7) is 0.632. The quantitative estimate of drug-likeness (QED) is 0.493. The molecule has 102 valence electrons. The van der Waals surface area contributed by atoms with Gasteiger partial charge in [0.05, 0.1) is 12.2 Å². The van der Waals surface area contributed by atoms with Gasteiger partial charge >= 0.3 is 5.97 Å². The van der Waals surface area contributed by atoms with Gasteiger partial charge in [0.2, 0.25) is 0 Å². The normalized spacial score (nSPS) is 20.0. The number of oxime groups is 1. The van der Waals surface area contributed by atoms with Crippen LogP contribution in [0.15, 0.2) is 29.4 Å². The zero-order valence-corrected chi connectivity index (χ0v) is 10.3. The third kappa shape index (κ3) is 3.23. The summed E-state index contributed by atoms with van der Waals surface area (Å²) in [7, 11) is 0. The molecule has 0 amide bonds. The first kappa shape index (κ1) is 13.4. The average molecular weight is 265 g/mol. The van der Waals surface area contributed by atoms with E-state index in [-0.39, 0.29) is 11.9 Å². The highest BCUT2D eigenvalue weighted by atomic mass is 16.7. The van der Waals surface area contributed by atoms with Crippen LogP contribution >= 0.6 is 0 Å². The molecule has 1 aliphatic heterocycles. The van der Waals surface area contributed by atoms with Crippen molar-refractivity contribution in [3.05, 3.63) is 29.8 Å². The molecule has 19 heavy (non-hydrogen) atoms. The SMILES string of the molecule is O=C(O)/C(=N/O)c1ccccc1OC1CCCCO1. The molecule has 1 saturated heterocycles. The van der Waals surface area contributed by atoms with Crippen molar-refractivity contribution < 1.29 is 24.6 Å². The van der Waals surface area contributed by atoms with Crippen molar-refractivity contribution in [3.63, 3.8) is 0 Å². The fourth-order valence-corrected chi connectivity index (χ4v) is 1.92. The van der Waals surface area contributed by atoms with E-state index < -0.39 is 11.7 Å². The number of hydrogen-bond donors (Lipinski definition) is 2. The van der Waals surface area contributed by atoms with Gasteiger partial charge in [0.25, 0.3) is 0 Å². The lowest BCUT2D eigenvalue weighted by Crippen LogP contribution is -2.26. The van der Waals surface area contributed by atoms with Crippen LogP contribution < -0.4 is 4.74 Å². The van der Waals surface area contributed by atoms with Gasteiger partial charge in [-0.1, -0.05) is 17.3 Å². The summed E-state index contributed by atoms with van der Waals surface area (Å²) in [6, 6.07) is 6.53. The van der Waals surface area contributed by atoms with Gasteiger partial charge in [0.15, 0.2) is 12.0 Å². The molecular weight excluding hydrogens is 250 g/mol. The van der Waals surface area contributed by atoms with Crippen molar-refractivity contribution in [2.75, 3.05) is 6.61 Å². The molecule has 0 saturated carbocycles. The molecule has 6 nitrogen and oxygen atoms in total. The van der Waals surface area contributed by atoms with Gasteiger partial charge in [-0.2, -0.15) is 0 Å². The molecule has 1 aliphatic rings. The number of carbonyl (C=O) groups is 1. The Morgan fingerprint density at radius 3 is 2.79 bits per heavy atom. The van der Waals surface area contributed by atoms with E-state index in [9.17, 15) is 4.79 Å². The molecule has 0 aromatic heterocycles. The molecule has 1 heterocycles. The van der Waals surface area contributed by atoms with Crippen LogP contribution in [0, 0.1) is 0 Å². The molecule has 0 bridgehead atoms.